The molecule has 0 fully saturated rings. The molecule has 5 heteroatoms. The first kappa shape index (κ1) is 11.0. The van der Waals surface area contributed by atoms with Gasteiger partial charge in [-0.15, -0.1) is 0 Å². The average molecular weight is 282 g/mol. The fourth-order valence-electron chi connectivity index (χ4n) is 1.49. The minimum absolute atomic E-state index is 0.599. The van der Waals surface area contributed by atoms with Crippen molar-refractivity contribution in [3.05, 3.63) is 40.5 Å². The van der Waals surface area contributed by atoms with E-state index in [0.29, 0.717) is 12.4 Å². The Bertz CT molecular complexity index is 496. The van der Waals surface area contributed by atoms with Crippen LogP contribution >= 0.6 is 15.9 Å². The molecule has 1 heterocycles. The van der Waals surface area contributed by atoms with Crippen LogP contribution in [0.2, 0.25) is 0 Å². The largest absolute Gasteiger partial charge is 0.496 e. The summed E-state index contributed by atoms with van der Waals surface area (Å²) >= 11 is 3.33. The summed E-state index contributed by atoms with van der Waals surface area (Å²) in [7, 11) is 1.65. The molecule has 1 aromatic carbocycles. The van der Waals surface area contributed by atoms with Crippen LogP contribution in [0.1, 0.15) is 5.56 Å². The summed E-state index contributed by atoms with van der Waals surface area (Å²) in [6, 6.07) is 7.81. The molecule has 0 aliphatic carbocycles. The van der Waals surface area contributed by atoms with Crippen molar-refractivity contribution in [2.45, 2.75) is 6.54 Å². The van der Waals surface area contributed by atoms with Gasteiger partial charge in [0.05, 0.1) is 24.3 Å². The molecule has 0 aliphatic heterocycles. The van der Waals surface area contributed by atoms with Gasteiger partial charge in [-0.3, -0.25) is 0 Å². The predicted molar refractivity (Wildman–Crippen MR) is 66.4 cm³/mol. The van der Waals surface area contributed by atoms with E-state index in [2.05, 4.69) is 21.0 Å². The Balaban J connectivity index is 2.30. The Morgan fingerprint density at radius 2 is 2.19 bits per heavy atom. The van der Waals surface area contributed by atoms with Crippen molar-refractivity contribution in [1.29, 1.82) is 0 Å². The van der Waals surface area contributed by atoms with Gasteiger partial charge in [0, 0.05) is 5.56 Å². The highest BCUT2D eigenvalue weighted by Crippen LogP contribution is 2.22. The van der Waals surface area contributed by atoms with Crippen LogP contribution in [0.4, 0.5) is 5.82 Å². The van der Waals surface area contributed by atoms with Crippen LogP contribution in [0.25, 0.3) is 0 Å². The Hall–Kier alpha value is -1.49. The summed E-state index contributed by atoms with van der Waals surface area (Å²) in [5.41, 5.74) is 6.90. The van der Waals surface area contributed by atoms with Crippen molar-refractivity contribution >= 4 is 21.7 Å². The number of hydrogen-bond acceptors (Lipinski definition) is 3. The molecule has 0 saturated carbocycles. The maximum atomic E-state index is 5.85. The molecule has 2 aromatic rings. The minimum atomic E-state index is 0.599. The number of halogens is 1. The van der Waals surface area contributed by atoms with Crippen LogP contribution in [0.15, 0.2) is 34.9 Å². The van der Waals surface area contributed by atoms with E-state index >= 15 is 0 Å². The third-order valence-corrected chi connectivity index (χ3v) is 2.96. The third kappa shape index (κ3) is 2.04. The monoisotopic (exact) mass is 281 g/mol. The van der Waals surface area contributed by atoms with E-state index in [1.165, 1.54) is 0 Å². The van der Waals surface area contributed by atoms with Gasteiger partial charge in [0.1, 0.15) is 11.6 Å². The number of benzene rings is 1. The maximum absolute atomic E-state index is 5.85. The molecule has 4 nitrogen and oxygen atoms in total. The fraction of sp³-hybridized carbons (Fsp3) is 0.182. The standard InChI is InChI=1S/C11H12BrN3O/c1-16-10-5-3-2-4-8(10)7-15-11(13)9(12)6-14-15/h2-6H,7,13H2,1H3. The zero-order valence-electron chi connectivity index (χ0n) is 8.85. The first-order valence-electron chi connectivity index (χ1n) is 4.81. The molecule has 0 atom stereocenters. The number of nitrogens with zero attached hydrogens (tertiary/aromatic N) is 2. The topological polar surface area (TPSA) is 53.1 Å². The summed E-state index contributed by atoms with van der Waals surface area (Å²) < 4.78 is 7.80. The lowest BCUT2D eigenvalue weighted by Crippen LogP contribution is -2.06. The molecule has 0 amide bonds. The zero-order chi connectivity index (χ0) is 11.5. The van der Waals surface area contributed by atoms with Gasteiger partial charge < -0.3 is 10.5 Å². The maximum Gasteiger partial charge on any atom is 0.136 e. The van der Waals surface area contributed by atoms with E-state index in [4.69, 9.17) is 10.5 Å². The fourth-order valence-corrected chi connectivity index (χ4v) is 1.79. The second-order valence-corrected chi connectivity index (χ2v) is 4.20. The van der Waals surface area contributed by atoms with Crippen LogP contribution in [0.5, 0.6) is 5.75 Å². The summed E-state index contributed by atoms with van der Waals surface area (Å²) in [5.74, 6) is 1.46. The number of para-hydroxylation sites is 1. The molecule has 0 radical (unpaired) electrons. The molecule has 0 unspecified atom stereocenters. The average Bonchev–Trinajstić information content (AvgIpc) is 2.62. The van der Waals surface area contributed by atoms with Gasteiger partial charge in [0.15, 0.2) is 0 Å². The smallest absolute Gasteiger partial charge is 0.136 e. The number of hydrogen-bond donors (Lipinski definition) is 1. The van der Waals surface area contributed by atoms with Crippen LogP contribution in [0, 0.1) is 0 Å². The lowest BCUT2D eigenvalue weighted by atomic mass is 10.2. The van der Waals surface area contributed by atoms with Crippen LogP contribution in [0.3, 0.4) is 0 Å². The molecule has 2 rings (SSSR count). The van der Waals surface area contributed by atoms with Gasteiger partial charge in [0.2, 0.25) is 0 Å². The SMILES string of the molecule is COc1ccccc1Cn1ncc(Br)c1N. The van der Waals surface area contributed by atoms with Gasteiger partial charge in [0.25, 0.3) is 0 Å². The molecule has 0 spiro atoms. The van der Waals surface area contributed by atoms with Crippen LogP contribution in [-0.2, 0) is 6.54 Å². The first-order chi connectivity index (χ1) is 7.72. The van der Waals surface area contributed by atoms with E-state index < -0.39 is 0 Å². The quantitative estimate of drug-likeness (QED) is 0.939. The number of nitrogen functional groups attached to an aromatic ring is 1. The van der Waals surface area contributed by atoms with Crippen LogP contribution in [-0.4, -0.2) is 16.9 Å². The number of anilines is 1. The molecular weight excluding hydrogens is 270 g/mol. The first-order valence-corrected chi connectivity index (χ1v) is 5.60. The van der Waals surface area contributed by atoms with Crippen molar-refractivity contribution in [3.63, 3.8) is 0 Å². The summed E-state index contributed by atoms with van der Waals surface area (Å²) in [6.45, 7) is 0.599. The highest BCUT2D eigenvalue weighted by atomic mass is 79.9. The lowest BCUT2D eigenvalue weighted by Gasteiger charge is -2.09. The highest BCUT2D eigenvalue weighted by molar-refractivity contribution is 9.10. The molecule has 0 bridgehead atoms. The predicted octanol–water partition coefficient (Wildman–Crippen LogP) is 2.28. The number of nitrogens with two attached hydrogens (primary N) is 1. The van der Waals surface area contributed by atoms with Gasteiger partial charge in [-0.1, -0.05) is 18.2 Å². The normalized spacial score (nSPS) is 10.4. The van der Waals surface area contributed by atoms with Gasteiger partial charge in [-0.2, -0.15) is 5.10 Å². The second-order valence-electron chi connectivity index (χ2n) is 3.35. The van der Waals surface area contributed by atoms with Crippen molar-refractivity contribution in [2.75, 3.05) is 12.8 Å². The number of rotatable bonds is 3. The van der Waals surface area contributed by atoms with Crippen molar-refractivity contribution in [2.24, 2.45) is 0 Å². The van der Waals surface area contributed by atoms with E-state index in [-0.39, 0.29) is 0 Å². The van der Waals surface area contributed by atoms with Crippen molar-refractivity contribution in [3.8, 4) is 5.75 Å². The number of aromatic nitrogens is 2. The second kappa shape index (κ2) is 4.57. The molecule has 84 valence electrons. The van der Waals surface area contributed by atoms with E-state index in [1.807, 2.05) is 24.3 Å². The van der Waals surface area contributed by atoms with Gasteiger partial charge in [-0.05, 0) is 22.0 Å². The Labute approximate surface area is 102 Å². The minimum Gasteiger partial charge on any atom is -0.496 e. The van der Waals surface area contributed by atoms with Gasteiger partial charge >= 0.3 is 0 Å². The molecule has 0 saturated heterocycles. The van der Waals surface area contributed by atoms with E-state index in [9.17, 15) is 0 Å². The number of ether oxygens (including phenoxy) is 1. The summed E-state index contributed by atoms with van der Waals surface area (Å²) in [6.07, 6.45) is 1.69. The third-order valence-electron chi connectivity index (χ3n) is 2.35. The van der Waals surface area contributed by atoms with Crippen molar-refractivity contribution in [1.82, 2.24) is 9.78 Å². The Morgan fingerprint density at radius 1 is 1.44 bits per heavy atom. The lowest BCUT2D eigenvalue weighted by molar-refractivity contribution is 0.407. The number of methoxy groups -OCH3 is 1. The Kier molecular flexibility index (Phi) is 3.14. The summed E-state index contributed by atoms with van der Waals surface area (Å²) in [4.78, 5) is 0. The molecule has 1 aromatic heterocycles. The molecule has 16 heavy (non-hydrogen) atoms. The van der Waals surface area contributed by atoms with E-state index in [0.717, 1.165) is 15.8 Å². The molecular formula is C11H12BrN3O. The van der Waals surface area contributed by atoms with E-state index in [1.54, 1.807) is 18.0 Å². The van der Waals surface area contributed by atoms with Gasteiger partial charge in [-0.25, -0.2) is 4.68 Å². The molecule has 0 aliphatic rings. The highest BCUT2D eigenvalue weighted by Gasteiger charge is 2.07. The summed E-state index contributed by atoms with van der Waals surface area (Å²) in [5, 5.41) is 4.18. The molecule has 2 N–H and O–H groups in total. The van der Waals surface area contributed by atoms with Crippen molar-refractivity contribution < 1.29 is 4.74 Å². The zero-order valence-corrected chi connectivity index (χ0v) is 10.4. The Morgan fingerprint density at radius 3 is 2.81 bits per heavy atom. The van der Waals surface area contributed by atoms with Crippen LogP contribution < -0.4 is 10.5 Å².